The van der Waals surface area contributed by atoms with Gasteiger partial charge < -0.3 is 5.11 Å². The molecule has 1 N–H and O–H groups in total. The molecule has 0 radical (unpaired) electrons. The normalized spacial score (nSPS) is 16.6. The lowest BCUT2D eigenvalue weighted by molar-refractivity contribution is -0.446. The summed E-state index contributed by atoms with van der Waals surface area (Å²) in [5.74, 6) is -3.10. The molecule has 0 saturated carbocycles. The average Bonchev–Trinajstić information content (AvgIpc) is 2.19. The van der Waals surface area contributed by atoms with Crippen molar-refractivity contribution in [3.8, 4) is 0 Å². The number of rotatable bonds is 4. The van der Waals surface area contributed by atoms with Gasteiger partial charge in [-0.05, 0) is 0 Å². The third-order valence-corrected chi connectivity index (χ3v) is 2.12. The lowest BCUT2D eigenvalue weighted by Crippen LogP contribution is -2.69. The van der Waals surface area contributed by atoms with Gasteiger partial charge in [-0.2, -0.15) is 48.3 Å². The number of hydrogen-bond donors (Lipinski definition) is 1. The Morgan fingerprint density at radius 1 is 0.818 bits per heavy atom. The second kappa shape index (κ2) is 5.47. The molecule has 0 rings (SSSR count). The van der Waals surface area contributed by atoms with Crippen molar-refractivity contribution in [3.05, 3.63) is 12.4 Å². The van der Waals surface area contributed by atoms with Gasteiger partial charge in [-0.3, -0.25) is 4.74 Å². The zero-order chi connectivity index (χ0) is 18.4. The Morgan fingerprint density at radius 2 is 1.14 bits per heavy atom. The van der Waals surface area contributed by atoms with Crippen molar-refractivity contribution in [1.82, 2.24) is 0 Å². The lowest BCUT2D eigenvalue weighted by atomic mass is 9.94. The Hall–Kier alpha value is -1.18. The molecule has 0 aromatic heterocycles. The molecule has 0 amide bonds. The predicted octanol–water partition coefficient (Wildman–Crippen LogP) is 3.87. The monoisotopic (exact) mass is 360 g/mol. The van der Waals surface area contributed by atoms with Crippen molar-refractivity contribution in [2.24, 2.45) is 0 Å². The number of ether oxygens (including phenoxy) is 1. The second-order valence-electron chi connectivity index (χ2n) is 3.72. The van der Waals surface area contributed by atoms with Gasteiger partial charge in [0, 0.05) is 0 Å². The molecule has 0 heterocycles. The molecule has 0 aliphatic carbocycles. The van der Waals surface area contributed by atoms with Crippen molar-refractivity contribution in [3.63, 3.8) is 0 Å². The minimum absolute atomic E-state index is 1.72. The fraction of sp³-hybridized carbons (Fsp3) is 0.750. The van der Waals surface area contributed by atoms with E-state index in [1.165, 1.54) is 0 Å². The van der Waals surface area contributed by atoms with E-state index in [1.54, 1.807) is 6.58 Å². The number of alkyl halides is 11. The van der Waals surface area contributed by atoms with Crippen LogP contribution in [0, 0.1) is 0 Å². The average molecular weight is 360 g/mol. The largest absolute Gasteiger partial charge is 0.429 e. The number of hydrogen-bond acceptors (Lipinski definition) is 2. The quantitative estimate of drug-likeness (QED) is 0.772. The van der Waals surface area contributed by atoms with Crippen molar-refractivity contribution in [2.45, 2.75) is 36.3 Å². The molecule has 1 atom stereocenters. The summed E-state index contributed by atoms with van der Waals surface area (Å²) in [4.78, 5) is 0. The SMILES string of the molecule is C=C(F)C(F)(F)OC(C(F)(F)F)C(O)(C(F)(F)F)C(F)(F)F. The smallest absolute Gasteiger partial charge is 0.371 e. The summed E-state index contributed by atoms with van der Waals surface area (Å²) < 4.78 is 150. The van der Waals surface area contributed by atoms with Crippen LogP contribution in [0.15, 0.2) is 12.4 Å². The maximum absolute atomic E-state index is 12.6. The van der Waals surface area contributed by atoms with Gasteiger partial charge in [-0.15, -0.1) is 0 Å². The van der Waals surface area contributed by atoms with E-state index >= 15 is 0 Å². The molecule has 22 heavy (non-hydrogen) atoms. The highest BCUT2D eigenvalue weighted by Gasteiger charge is 2.80. The summed E-state index contributed by atoms with van der Waals surface area (Å²) in [5.41, 5.74) is -6.77. The summed E-state index contributed by atoms with van der Waals surface area (Å²) in [6, 6.07) is 0. The van der Waals surface area contributed by atoms with Crippen LogP contribution in [0.25, 0.3) is 0 Å². The molecule has 0 aromatic rings. The Labute approximate surface area is 112 Å². The summed E-state index contributed by atoms with van der Waals surface area (Å²) in [6.45, 7) is 1.72. The van der Waals surface area contributed by atoms with Crippen molar-refractivity contribution >= 4 is 0 Å². The molecule has 0 aliphatic rings. The van der Waals surface area contributed by atoms with Crippen LogP contribution in [0.4, 0.5) is 52.7 Å². The Morgan fingerprint density at radius 3 is 1.32 bits per heavy atom. The minimum atomic E-state index is -7.13. The van der Waals surface area contributed by atoms with Gasteiger partial charge in [0.1, 0.15) is 0 Å². The predicted molar refractivity (Wildman–Crippen MR) is 43.2 cm³/mol. The first-order valence-corrected chi connectivity index (χ1v) is 4.61. The number of halogens is 12. The van der Waals surface area contributed by atoms with E-state index in [0.29, 0.717) is 0 Å². The summed E-state index contributed by atoms with van der Waals surface area (Å²) >= 11 is 0. The maximum atomic E-state index is 12.6. The lowest BCUT2D eigenvalue weighted by Gasteiger charge is -2.39. The van der Waals surface area contributed by atoms with E-state index in [4.69, 9.17) is 5.11 Å². The highest BCUT2D eigenvalue weighted by molar-refractivity contribution is 5.05. The van der Waals surface area contributed by atoms with Crippen LogP contribution < -0.4 is 0 Å². The van der Waals surface area contributed by atoms with Gasteiger partial charge in [0.25, 0.3) is 5.60 Å². The first-order valence-electron chi connectivity index (χ1n) is 4.61. The molecule has 0 fully saturated rings. The third kappa shape index (κ3) is 3.77. The molecule has 0 saturated heterocycles. The van der Waals surface area contributed by atoms with E-state index in [1.807, 2.05) is 0 Å². The standard InChI is InChI=1S/C8H4F12O2/c1-2(9)6(13,14)22-3(5(10,11)12)4(21,7(15,16)17)8(18,19)20/h3,21H,1H2. The fourth-order valence-electron chi connectivity index (χ4n) is 1.06. The van der Waals surface area contributed by atoms with E-state index in [-0.39, 0.29) is 0 Å². The van der Waals surface area contributed by atoms with Gasteiger partial charge in [0.15, 0.2) is 5.83 Å². The van der Waals surface area contributed by atoms with E-state index in [9.17, 15) is 52.7 Å². The van der Waals surface area contributed by atoms with Crippen LogP contribution in [0.5, 0.6) is 0 Å². The molecular formula is C8H4F12O2. The molecule has 132 valence electrons. The van der Waals surface area contributed by atoms with Crippen LogP contribution in [-0.2, 0) is 4.74 Å². The van der Waals surface area contributed by atoms with E-state index in [0.717, 1.165) is 0 Å². The summed E-state index contributed by atoms with van der Waals surface area (Å²) in [7, 11) is 0. The molecule has 0 aliphatic heterocycles. The van der Waals surface area contributed by atoms with Crippen LogP contribution in [0.2, 0.25) is 0 Å². The van der Waals surface area contributed by atoms with Crippen LogP contribution >= 0.6 is 0 Å². The van der Waals surface area contributed by atoms with Gasteiger partial charge in [0.2, 0.25) is 6.10 Å². The number of aliphatic hydroxyl groups is 1. The molecule has 2 nitrogen and oxygen atoms in total. The highest BCUT2D eigenvalue weighted by atomic mass is 19.4. The zero-order valence-corrected chi connectivity index (χ0v) is 9.68. The molecule has 14 heteroatoms. The first kappa shape index (κ1) is 20.8. The van der Waals surface area contributed by atoms with Crippen LogP contribution in [0.1, 0.15) is 0 Å². The Balaban J connectivity index is 6.24. The van der Waals surface area contributed by atoms with Crippen molar-refractivity contribution in [2.75, 3.05) is 0 Å². The van der Waals surface area contributed by atoms with E-state index in [2.05, 4.69) is 4.74 Å². The summed E-state index contributed by atoms with van der Waals surface area (Å²) in [6.07, 6.45) is -32.5. The highest BCUT2D eigenvalue weighted by Crippen LogP contribution is 2.51. The Kier molecular flexibility index (Phi) is 5.18. The first-order chi connectivity index (χ1) is 9.28. The van der Waals surface area contributed by atoms with Gasteiger partial charge in [0.05, 0.1) is 0 Å². The van der Waals surface area contributed by atoms with Gasteiger partial charge in [-0.25, -0.2) is 4.39 Å². The fourth-order valence-corrected chi connectivity index (χ4v) is 1.06. The summed E-state index contributed by atoms with van der Waals surface area (Å²) in [5, 5.41) is 8.44. The topological polar surface area (TPSA) is 29.5 Å². The van der Waals surface area contributed by atoms with Gasteiger partial charge in [-0.1, -0.05) is 6.58 Å². The van der Waals surface area contributed by atoms with Crippen LogP contribution in [-0.4, -0.2) is 41.4 Å². The van der Waals surface area contributed by atoms with Crippen molar-refractivity contribution in [1.29, 1.82) is 0 Å². The molecule has 1 unspecified atom stereocenters. The maximum Gasteiger partial charge on any atom is 0.429 e. The molecular weight excluding hydrogens is 356 g/mol. The van der Waals surface area contributed by atoms with Crippen molar-refractivity contribution < 1.29 is 62.5 Å². The van der Waals surface area contributed by atoms with Gasteiger partial charge >= 0.3 is 24.6 Å². The van der Waals surface area contributed by atoms with Crippen LogP contribution in [0.3, 0.4) is 0 Å². The third-order valence-electron chi connectivity index (χ3n) is 2.12. The van der Waals surface area contributed by atoms with E-state index < -0.39 is 42.2 Å². The Bertz CT molecular complexity index is 402. The molecule has 0 aromatic carbocycles. The zero-order valence-electron chi connectivity index (χ0n) is 9.68. The second-order valence-corrected chi connectivity index (χ2v) is 3.72. The minimum Gasteiger partial charge on any atom is -0.371 e. The molecule has 0 spiro atoms. The molecule has 0 bridgehead atoms.